The molecule has 0 spiro atoms. The molecule has 1 atom stereocenters. The molecule has 1 aliphatic carbocycles. The van der Waals surface area contributed by atoms with E-state index in [0.717, 1.165) is 5.75 Å². The maximum absolute atomic E-state index is 11.6. The summed E-state index contributed by atoms with van der Waals surface area (Å²) in [5, 5.41) is 2.91. The maximum Gasteiger partial charge on any atom is 0.230 e. The van der Waals surface area contributed by atoms with Gasteiger partial charge in [0.25, 0.3) is 0 Å². The molecule has 112 valence electrons. The highest BCUT2D eigenvalue weighted by molar-refractivity contribution is 7.99. The van der Waals surface area contributed by atoms with Crippen molar-refractivity contribution in [3.8, 4) is 0 Å². The van der Waals surface area contributed by atoms with Gasteiger partial charge in [-0.15, -0.1) is 24.2 Å². The zero-order chi connectivity index (χ0) is 13.7. The fourth-order valence-electron chi connectivity index (χ4n) is 1.92. The molecule has 1 aromatic rings. The third-order valence-electron chi connectivity index (χ3n) is 3.38. The van der Waals surface area contributed by atoms with Gasteiger partial charge in [-0.1, -0.05) is 29.8 Å². The smallest absolute Gasteiger partial charge is 0.230 e. The largest absolute Gasteiger partial charge is 0.354 e. The summed E-state index contributed by atoms with van der Waals surface area (Å²) >= 11 is 1.64. The second-order valence-corrected chi connectivity index (χ2v) is 6.27. The van der Waals surface area contributed by atoms with Crippen molar-refractivity contribution in [2.45, 2.75) is 31.6 Å². The lowest BCUT2D eigenvalue weighted by molar-refractivity contribution is -0.118. The minimum absolute atomic E-state index is 0. The van der Waals surface area contributed by atoms with Crippen LogP contribution in [0.3, 0.4) is 0 Å². The molecule has 1 amide bonds. The Balaban J connectivity index is 0.00000200. The number of carbonyl (C=O) groups excluding carboxylic acids is 1. The average molecular weight is 315 g/mol. The molecule has 0 bridgehead atoms. The fraction of sp³-hybridized carbons (Fsp3) is 0.533. The molecule has 2 rings (SSSR count). The van der Waals surface area contributed by atoms with Crippen LogP contribution in [-0.2, 0) is 10.5 Å². The van der Waals surface area contributed by atoms with Crippen LogP contribution in [0.5, 0.6) is 0 Å². The van der Waals surface area contributed by atoms with E-state index in [1.165, 1.54) is 24.0 Å². The van der Waals surface area contributed by atoms with E-state index in [1.54, 1.807) is 11.8 Å². The predicted molar refractivity (Wildman–Crippen MR) is 88.3 cm³/mol. The van der Waals surface area contributed by atoms with E-state index in [9.17, 15) is 4.79 Å². The number of amides is 1. The molecular formula is C15H23ClN2OS. The van der Waals surface area contributed by atoms with Crippen LogP contribution < -0.4 is 11.1 Å². The number of hydrogen-bond acceptors (Lipinski definition) is 3. The summed E-state index contributed by atoms with van der Waals surface area (Å²) in [6, 6.07) is 8.58. The molecule has 0 saturated heterocycles. The first kappa shape index (κ1) is 17.3. The monoisotopic (exact) mass is 314 g/mol. The van der Waals surface area contributed by atoms with E-state index in [-0.39, 0.29) is 24.4 Å². The lowest BCUT2D eigenvalue weighted by atomic mass is 10.2. The number of hydrogen-bond donors (Lipinski definition) is 2. The van der Waals surface area contributed by atoms with Crippen molar-refractivity contribution in [3.05, 3.63) is 35.4 Å². The van der Waals surface area contributed by atoms with Gasteiger partial charge >= 0.3 is 0 Å². The molecule has 0 aliphatic heterocycles. The van der Waals surface area contributed by atoms with Crippen molar-refractivity contribution in [2.75, 3.05) is 12.3 Å². The molecule has 20 heavy (non-hydrogen) atoms. The maximum atomic E-state index is 11.6. The summed E-state index contributed by atoms with van der Waals surface area (Å²) in [6.45, 7) is 2.70. The summed E-state index contributed by atoms with van der Waals surface area (Å²) in [6.07, 6.45) is 2.44. The Kier molecular flexibility index (Phi) is 7.41. The van der Waals surface area contributed by atoms with Crippen molar-refractivity contribution in [3.63, 3.8) is 0 Å². The quantitative estimate of drug-likeness (QED) is 0.813. The van der Waals surface area contributed by atoms with Crippen LogP contribution in [0.2, 0.25) is 0 Å². The lowest BCUT2D eigenvalue weighted by Crippen LogP contribution is -2.39. The summed E-state index contributed by atoms with van der Waals surface area (Å²) in [5.41, 5.74) is 8.47. The van der Waals surface area contributed by atoms with Gasteiger partial charge in [-0.25, -0.2) is 0 Å². The third-order valence-corrected chi connectivity index (χ3v) is 4.39. The average Bonchev–Trinajstić information content (AvgIpc) is 3.23. The van der Waals surface area contributed by atoms with Crippen molar-refractivity contribution in [2.24, 2.45) is 11.7 Å². The first-order valence-electron chi connectivity index (χ1n) is 6.80. The Morgan fingerprint density at radius 2 is 2.05 bits per heavy atom. The topological polar surface area (TPSA) is 55.1 Å². The number of rotatable bonds is 7. The summed E-state index contributed by atoms with van der Waals surface area (Å²) < 4.78 is 0. The van der Waals surface area contributed by atoms with Crippen LogP contribution in [-0.4, -0.2) is 24.2 Å². The molecule has 1 aliphatic rings. The fourth-order valence-corrected chi connectivity index (χ4v) is 2.74. The molecule has 1 fully saturated rings. The number of nitrogens with two attached hydrogens (primary N) is 1. The van der Waals surface area contributed by atoms with Crippen LogP contribution in [0.4, 0.5) is 0 Å². The van der Waals surface area contributed by atoms with Crippen LogP contribution in [0.25, 0.3) is 0 Å². The molecule has 0 aromatic heterocycles. The number of benzene rings is 1. The van der Waals surface area contributed by atoms with Gasteiger partial charge < -0.3 is 11.1 Å². The highest BCUT2D eigenvalue weighted by atomic mass is 35.5. The molecule has 1 aromatic carbocycles. The Morgan fingerprint density at radius 1 is 1.40 bits per heavy atom. The Labute approximate surface area is 131 Å². The number of aryl methyl sites for hydroxylation is 1. The highest BCUT2D eigenvalue weighted by Gasteiger charge is 2.28. The van der Waals surface area contributed by atoms with Gasteiger partial charge in [0.2, 0.25) is 5.91 Å². The Morgan fingerprint density at radius 3 is 2.65 bits per heavy atom. The summed E-state index contributed by atoms with van der Waals surface area (Å²) in [5.74, 6) is 2.11. The van der Waals surface area contributed by atoms with Gasteiger partial charge in [-0.3, -0.25) is 4.79 Å². The van der Waals surface area contributed by atoms with Gasteiger partial charge in [0.05, 0.1) is 5.75 Å². The highest BCUT2D eigenvalue weighted by Crippen LogP contribution is 2.31. The predicted octanol–water partition coefficient (Wildman–Crippen LogP) is 2.50. The number of thioether (sulfide) groups is 1. The van der Waals surface area contributed by atoms with E-state index < -0.39 is 0 Å². The van der Waals surface area contributed by atoms with Gasteiger partial charge in [0, 0.05) is 18.3 Å². The van der Waals surface area contributed by atoms with E-state index in [1.807, 2.05) is 0 Å². The van der Waals surface area contributed by atoms with Crippen LogP contribution in [0, 0.1) is 12.8 Å². The van der Waals surface area contributed by atoms with Gasteiger partial charge in [-0.05, 0) is 31.2 Å². The van der Waals surface area contributed by atoms with Gasteiger partial charge in [0.1, 0.15) is 0 Å². The number of nitrogens with one attached hydrogen (secondary N) is 1. The van der Waals surface area contributed by atoms with Gasteiger partial charge in [0.15, 0.2) is 0 Å². The Hall–Kier alpha value is -0.710. The van der Waals surface area contributed by atoms with Crippen molar-refractivity contribution < 1.29 is 4.79 Å². The first-order chi connectivity index (χ1) is 9.15. The van der Waals surface area contributed by atoms with Crippen LogP contribution >= 0.6 is 24.2 Å². The van der Waals surface area contributed by atoms with E-state index >= 15 is 0 Å². The minimum Gasteiger partial charge on any atom is -0.354 e. The summed E-state index contributed by atoms with van der Waals surface area (Å²) in [4.78, 5) is 11.6. The molecule has 5 heteroatoms. The molecule has 3 nitrogen and oxygen atoms in total. The van der Waals surface area contributed by atoms with Crippen LogP contribution in [0.15, 0.2) is 24.3 Å². The van der Waals surface area contributed by atoms with E-state index in [2.05, 4.69) is 36.5 Å². The number of carbonyl (C=O) groups is 1. The van der Waals surface area contributed by atoms with Crippen molar-refractivity contribution in [1.82, 2.24) is 5.32 Å². The minimum atomic E-state index is 0. The second kappa shape index (κ2) is 8.55. The molecule has 0 radical (unpaired) electrons. The molecular weight excluding hydrogens is 292 g/mol. The zero-order valence-electron chi connectivity index (χ0n) is 11.8. The third kappa shape index (κ3) is 6.16. The van der Waals surface area contributed by atoms with E-state index in [4.69, 9.17) is 5.73 Å². The molecule has 1 saturated carbocycles. The molecule has 1 unspecified atom stereocenters. The summed E-state index contributed by atoms with van der Waals surface area (Å²) in [7, 11) is 0. The SMILES string of the molecule is Cc1ccc(CSCC(=O)NCC(N)C2CC2)cc1.Cl. The first-order valence-corrected chi connectivity index (χ1v) is 7.96. The van der Waals surface area contributed by atoms with Crippen molar-refractivity contribution in [1.29, 1.82) is 0 Å². The molecule has 0 heterocycles. The molecule has 3 N–H and O–H groups in total. The normalized spacial score (nSPS) is 15.3. The Bertz CT molecular complexity index is 420. The van der Waals surface area contributed by atoms with Crippen LogP contribution in [0.1, 0.15) is 24.0 Å². The zero-order valence-corrected chi connectivity index (χ0v) is 13.4. The van der Waals surface area contributed by atoms with Gasteiger partial charge in [-0.2, -0.15) is 0 Å². The lowest BCUT2D eigenvalue weighted by Gasteiger charge is -2.11. The van der Waals surface area contributed by atoms with Crippen molar-refractivity contribution >= 4 is 30.1 Å². The number of halogens is 1. The second-order valence-electron chi connectivity index (χ2n) is 5.28. The standard InChI is InChI=1S/C15H22N2OS.ClH/c1-11-2-4-12(5-3-11)9-19-10-15(18)17-8-14(16)13-6-7-13;/h2-5,13-14H,6-10,16H2,1H3,(H,17,18);1H. The van der Waals surface area contributed by atoms with E-state index in [0.29, 0.717) is 18.2 Å².